The topological polar surface area (TPSA) is 90.0 Å². The molecule has 2 aromatic carbocycles. The van der Waals surface area contributed by atoms with E-state index in [1.807, 2.05) is 0 Å². The van der Waals surface area contributed by atoms with Crippen LogP contribution in [0, 0.1) is 0 Å². The molecule has 0 radical (unpaired) electrons. The number of nitrogens with zero attached hydrogens (tertiary/aromatic N) is 1. The predicted octanol–water partition coefficient (Wildman–Crippen LogP) is 2.54. The minimum Gasteiger partial charge on any atom is -0.463 e. The van der Waals surface area contributed by atoms with Crippen molar-refractivity contribution in [3.8, 4) is 0 Å². The third kappa shape index (κ3) is 4.07. The summed E-state index contributed by atoms with van der Waals surface area (Å²) in [5.74, 6) is -1.38. The Bertz CT molecular complexity index is 987. The summed E-state index contributed by atoms with van der Waals surface area (Å²) < 4.78 is 37.4. The average molecular weight is 401 g/mol. The van der Waals surface area contributed by atoms with Gasteiger partial charge in [-0.2, -0.15) is 0 Å². The van der Waals surface area contributed by atoms with Crippen molar-refractivity contribution in [3.05, 3.63) is 72.8 Å². The number of rotatable bonds is 7. The molecule has 0 aliphatic carbocycles. The van der Waals surface area contributed by atoms with Gasteiger partial charge in [-0.1, -0.05) is 30.3 Å². The van der Waals surface area contributed by atoms with E-state index in [-0.39, 0.29) is 30.0 Å². The van der Waals surface area contributed by atoms with Gasteiger partial charge in [-0.05, 0) is 30.3 Å². The van der Waals surface area contributed by atoms with Crippen molar-refractivity contribution in [3.63, 3.8) is 0 Å². The summed E-state index contributed by atoms with van der Waals surface area (Å²) in [6, 6.07) is 14.1. The Kier molecular flexibility index (Phi) is 5.79. The van der Waals surface area contributed by atoms with Crippen LogP contribution in [0.1, 0.15) is 16.8 Å². The lowest BCUT2D eigenvalue weighted by molar-refractivity contribution is -0.145. The molecule has 0 amide bonds. The first kappa shape index (κ1) is 19.6. The number of cyclic esters (lactones) is 1. The van der Waals surface area contributed by atoms with E-state index in [2.05, 4.69) is 6.58 Å². The lowest BCUT2D eigenvalue weighted by atomic mass is 10.2. The molecular formula is C20H19NO6S. The molecular weight excluding hydrogens is 382 g/mol. The molecule has 1 saturated heterocycles. The number of para-hydroxylation sites is 1. The highest BCUT2D eigenvalue weighted by atomic mass is 32.2. The highest BCUT2D eigenvalue weighted by Crippen LogP contribution is 2.24. The molecule has 0 saturated carbocycles. The second-order valence-corrected chi connectivity index (χ2v) is 7.90. The van der Waals surface area contributed by atoms with E-state index < -0.39 is 28.1 Å². The number of sulfonamides is 1. The van der Waals surface area contributed by atoms with Gasteiger partial charge in [0.25, 0.3) is 10.0 Å². The summed E-state index contributed by atoms with van der Waals surface area (Å²) in [6.45, 7) is 3.88. The minimum atomic E-state index is -3.95. The van der Waals surface area contributed by atoms with E-state index in [1.165, 1.54) is 34.6 Å². The SMILES string of the molecule is C=CCN(c1ccccc1)S(=O)(=O)c1cccc(C(=O)OC2CCOC2=O)c1. The maximum absolute atomic E-state index is 13.1. The largest absolute Gasteiger partial charge is 0.463 e. The fourth-order valence-corrected chi connectivity index (χ4v) is 4.23. The van der Waals surface area contributed by atoms with Gasteiger partial charge >= 0.3 is 11.9 Å². The monoisotopic (exact) mass is 401 g/mol. The molecule has 7 nitrogen and oxygen atoms in total. The van der Waals surface area contributed by atoms with Crippen LogP contribution in [-0.4, -0.2) is 39.6 Å². The molecule has 146 valence electrons. The van der Waals surface area contributed by atoms with Crippen LogP contribution >= 0.6 is 0 Å². The van der Waals surface area contributed by atoms with Gasteiger partial charge in [0.15, 0.2) is 0 Å². The summed E-state index contributed by atoms with van der Waals surface area (Å²) in [6.07, 6.45) is 0.798. The molecule has 3 rings (SSSR count). The zero-order chi connectivity index (χ0) is 20.1. The van der Waals surface area contributed by atoms with Crippen LogP contribution in [-0.2, 0) is 24.3 Å². The fourth-order valence-electron chi connectivity index (χ4n) is 2.75. The van der Waals surface area contributed by atoms with Gasteiger partial charge in [-0.15, -0.1) is 6.58 Å². The summed E-state index contributed by atoms with van der Waals surface area (Å²) >= 11 is 0. The van der Waals surface area contributed by atoms with E-state index in [0.717, 1.165) is 0 Å². The highest BCUT2D eigenvalue weighted by molar-refractivity contribution is 7.92. The minimum absolute atomic E-state index is 0.0346. The number of esters is 2. The Morgan fingerprint density at radius 3 is 2.61 bits per heavy atom. The smallest absolute Gasteiger partial charge is 0.347 e. The number of hydrogen-bond acceptors (Lipinski definition) is 6. The summed E-state index contributed by atoms with van der Waals surface area (Å²) in [4.78, 5) is 23.7. The number of benzene rings is 2. The van der Waals surface area contributed by atoms with Gasteiger partial charge in [-0.3, -0.25) is 4.31 Å². The van der Waals surface area contributed by atoms with Crippen LogP contribution in [0.3, 0.4) is 0 Å². The van der Waals surface area contributed by atoms with Gasteiger partial charge < -0.3 is 9.47 Å². The molecule has 1 aliphatic heterocycles. The van der Waals surface area contributed by atoms with Gasteiger partial charge in [0.05, 0.1) is 29.3 Å². The third-order valence-corrected chi connectivity index (χ3v) is 5.92. The average Bonchev–Trinajstić information content (AvgIpc) is 3.11. The summed E-state index contributed by atoms with van der Waals surface area (Å²) in [5, 5.41) is 0. The number of carbonyl (C=O) groups is 2. The maximum atomic E-state index is 13.1. The fraction of sp³-hybridized carbons (Fsp3) is 0.200. The van der Waals surface area contributed by atoms with E-state index in [1.54, 1.807) is 30.3 Å². The predicted molar refractivity (Wildman–Crippen MR) is 102 cm³/mol. The van der Waals surface area contributed by atoms with Gasteiger partial charge in [-0.25, -0.2) is 18.0 Å². The first-order valence-corrected chi connectivity index (χ1v) is 10.0. The molecule has 1 atom stereocenters. The molecule has 2 aromatic rings. The van der Waals surface area contributed by atoms with E-state index in [9.17, 15) is 18.0 Å². The van der Waals surface area contributed by atoms with Crippen molar-refractivity contribution in [1.29, 1.82) is 0 Å². The molecule has 8 heteroatoms. The van der Waals surface area contributed by atoms with Crippen LogP contribution in [0.25, 0.3) is 0 Å². The van der Waals surface area contributed by atoms with Crippen LogP contribution in [0.15, 0.2) is 72.1 Å². The number of ether oxygens (including phenoxy) is 2. The van der Waals surface area contributed by atoms with E-state index >= 15 is 0 Å². The lowest BCUT2D eigenvalue weighted by Crippen LogP contribution is -2.31. The Morgan fingerprint density at radius 2 is 1.96 bits per heavy atom. The van der Waals surface area contributed by atoms with Crippen molar-refractivity contribution in [2.45, 2.75) is 17.4 Å². The molecule has 1 unspecified atom stereocenters. The molecule has 1 aliphatic rings. The van der Waals surface area contributed by atoms with Gasteiger partial charge in [0, 0.05) is 6.42 Å². The van der Waals surface area contributed by atoms with Crippen LogP contribution in [0.4, 0.5) is 5.69 Å². The Labute approximate surface area is 163 Å². The zero-order valence-electron chi connectivity index (χ0n) is 15.0. The molecule has 1 fully saturated rings. The Hall–Kier alpha value is -3.13. The molecule has 0 bridgehead atoms. The standard InChI is InChI=1S/C20H19NO6S/c1-2-12-21(16-8-4-3-5-9-16)28(24,25)17-10-6-7-15(14-17)19(22)27-18-11-13-26-20(18)23/h2-10,14,18H,1,11-13H2. The summed E-state index contributed by atoms with van der Waals surface area (Å²) in [7, 11) is -3.95. The van der Waals surface area contributed by atoms with Crippen molar-refractivity contribution in [2.75, 3.05) is 17.5 Å². The maximum Gasteiger partial charge on any atom is 0.347 e. The summed E-state index contributed by atoms with van der Waals surface area (Å²) in [5.41, 5.74) is 0.511. The van der Waals surface area contributed by atoms with Crippen molar-refractivity contribution in [2.24, 2.45) is 0 Å². The first-order valence-electron chi connectivity index (χ1n) is 8.60. The van der Waals surface area contributed by atoms with Crippen LogP contribution < -0.4 is 4.31 Å². The third-order valence-electron chi connectivity index (χ3n) is 4.13. The number of carbonyl (C=O) groups excluding carboxylic acids is 2. The van der Waals surface area contributed by atoms with E-state index in [0.29, 0.717) is 5.69 Å². The molecule has 28 heavy (non-hydrogen) atoms. The zero-order valence-corrected chi connectivity index (χ0v) is 15.8. The van der Waals surface area contributed by atoms with Gasteiger partial charge in [0.2, 0.25) is 6.10 Å². The van der Waals surface area contributed by atoms with Crippen LogP contribution in [0.5, 0.6) is 0 Å². The molecule has 0 N–H and O–H groups in total. The van der Waals surface area contributed by atoms with E-state index in [4.69, 9.17) is 9.47 Å². The highest BCUT2D eigenvalue weighted by Gasteiger charge is 2.31. The van der Waals surface area contributed by atoms with Crippen LogP contribution in [0.2, 0.25) is 0 Å². The van der Waals surface area contributed by atoms with Crippen molar-refractivity contribution >= 4 is 27.6 Å². The molecule has 0 spiro atoms. The Morgan fingerprint density at radius 1 is 1.21 bits per heavy atom. The molecule has 0 aromatic heterocycles. The lowest BCUT2D eigenvalue weighted by Gasteiger charge is -2.23. The van der Waals surface area contributed by atoms with Crippen molar-refractivity contribution < 1.29 is 27.5 Å². The van der Waals surface area contributed by atoms with Gasteiger partial charge in [0.1, 0.15) is 0 Å². The molecule has 1 heterocycles. The first-order chi connectivity index (χ1) is 13.4. The second-order valence-electron chi connectivity index (χ2n) is 6.04. The normalized spacial score (nSPS) is 16.3. The number of anilines is 1. The quantitative estimate of drug-likeness (QED) is 0.523. The second kappa shape index (κ2) is 8.26. The Balaban J connectivity index is 1.89. The number of hydrogen-bond donors (Lipinski definition) is 0. The van der Waals surface area contributed by atoms with Crippen molar-refractivity contribution in [1.82, 2.24) is 0 Å².